The molecule has 0 aliphatic rings. The molecule has 0 aromatic heterocycles. The predicted octanol–water partition coefficient (Wildman–Crippen LogP) is 3.93. The van der Waals surface area contributed by atoms with Gasteiger partial charge in [-0.3, -0.25) is 4.79 Å². The summed E-state index contributed by atoms with van der Waals surface area (Å²) in [5, 5.41) is 0.260. The first-order chi connectivity index (χ1) is 9.99. The van der Waals surface area contributed by atoms with E-state index in [1.54, 1.807) is 30.3 Å². The molecule has 0 amide bonds. The minimum atomic E-state index is -0.226. The highest BCUT2D eigenvalue weighted by Crippen LogP contribution is 2.38. The van der Waals surface area contributed by atoms with Crippen LogP contribution >= 0.6 is 27.5 Å². The van der Waals surface area contributed by atoms with Crippen molar-refractivity contribution in [3.8, 4) is 11.5 Å². The number of methoxy groups -OCH3 is 2. The number of carbonyl (C=O) groups is 1. The summed E-state index contributed by atoms with van der Waals surface area (Å²) in [6.07, 6.45) is 0. The van der Waals surface area contributed by atoms with Crippen LogP contribution in [-0.4, -0.2) is 20.0 Å². The molecule has 0 aliphatic carbocycles. The predicted molar refractivity (Wildman–Crippen MR) is 86.5 cm³/mol. The van der Waals surface area contributed by atoms with Crippen molar-refractivity contribution in [3.63, 3.8) is 0 Å². The van der Waals surface area contributed by atoms with Gasteiger partial charge >= 0.3 is 0 Å². The normalized spacial score (nSPS) is 10.3. The van der Waals surface area contributed by atoms with Crippen molar-refractivity contribution in [1.29, 1.82) is 0 Å². The Balaban J connectivity index is 2.52. The second-order valence-electron chi connectivity index (χ2n) is 4.23. The summed E-state index contributed by atoms with van der Waals surface area (Å²) >= 11 is 9.46. The number of ketones is 1. The third kappa shape index (κ3) is 2.99. The topological polar surface area (TPSA) is 61.5 Å². The lowest BCUT2D eigenvalue weighted by atomic mass is 10.0. The number of nitrogens with two attached hydrogens (primary N) is 1. The molecule has 4 nitrogen and oxygen atoms in total. The number of ether oxygens (including phenoxy) is 2. The summed E-state index contributed by atoms with van der Waals surface area (Å²) in [5.41, 5.74) is 7.10. The zero-order chi connectivity index (χ0) is 15.6. The summed E-state index contributed by atoms with van der Waals surface area (Å²) in [4.78, 5) is 12.6. The lowest BCUT2D eigenvalue weighted by Crippen LogP contribution is -2.06. The van der Waals surface area contributed by atoms with Gasteiger partial charge in [0.05, 0.1) is 19.8 Å². The van der Waals surface area contributed by atoms with Gasteiger partial charge in [-0.2, -0.15) is 0 Å². The molecule has 0 saturated carbocycles. The first kappa shape index (κ1) is 15.7. The van der Waals surface area contributed by atoms with Crippen LogP contribution in [0.4, 0.5) is 5.69 Å². The molecular formula is C15H13BrClNO3. The number of benzene rings is 2. The minimum absolute atomic E-state index is 0.226. The largest absolute Gasteiger partial charge is 0.495 e. The molecule has 0 aliphatic heterocycles. The SMILES string of the molecule is COc1ccc(C(=O)c2ccc(Br)c(N)c2)c(OC)c1Cl. The van der Waals surface area contributed by atoms with Crippen LogP contribution in [0.15, 0.2) is 34.8 Å². The van der Waals surface area contributed by atoms with Gasteiger partial charge in [-0.1, -0.05) is 11.6 Å². The second kappa shape index (κ2) is 6.37. The van der Waals surface area contributed by atoms with Crippen molar-refractivity contribution in [2.75, 3.05) is 20.0 Å². The zero-order valence-corrected chi connectivity index (χ0v) is 13.8. The molecule has 2 aromatic carbocycles. The number of hydrogen-bond acceptors (Lipinski definition) is 4. The Bertz CT molecular complexity index is 704. The number of rotatable bonds is 4. The van der Waals surface area contributed by atoms with Crippen molar-refractivity contribution in [2.24, 2.45) is 0 Å². The van der Waals surface area contributed by atoms with E-state index in [0.717, 1.165) is 4.47 Å². The van der Waals surface area contributed by atoms with E-state index in [4.69, 9.17) is 26.8 Å². The van der Waals surface area contributed by atoms with Crippen LogP contribution in [0.5, 0.6) is 11.5 Å². The minimum Gasteiger partial charge on any atom is -0.495 e. The van der Waals surface area contributed by atoms with E-state index in [1.165, 1.54) is 14.2 Å². The standard InChI is InChI=1S/C15H13BrClNO3/c1-20-12-6-4-9(15(21-2)13(12)17)14(19)8-3-5-10(16)11(18)7-8/h3-7H,18H2,1-2H3. The Kier molecular flexibility index (Phi) is 4.75. The summed E-state index contributed by atoms with van der Waals surface area (Å²) in [6, 6.07) is 8.24. The van der Waals surface area contributed by atoms with Crippen LogP contribution < -0.4 is 15.2 Å². The molecule has 6 heteroatoms. The Morgan fingerprint density at radius 2 is 1.90 bits per heavy atom. The molecule has 0 fully saturated rings. The fourth-order valence-electron chi connectivity index (χ4n) is 1.91. The maximum absolute atomic E-state index is 12.6. The van der Waals surface area contributed by atoms with Crippen LogP contribution in [0.1, 0.15) is 15.9 Å². The van der Waals surface area contributed by atoms with E-state index in [9.17, 15) is 4.79 Å². The summed E-state index contributed by atoms with van der Waals surface area (Å²) in [6.45, 7) is 0. The van der Waals surface area contributed by atoms with Crippen LogP contribution in [-0.2, 0) is 0 Å². The zero-order valence-electron chi connectivity index (χ0n) is 11.4. The molecule has 21 heavy (non-hydrogen) atoms. The molecular weight excluding hydrogens is 358 g/mol. The second-order valence-corrected chi connectivity index (χ2v) is 5.46. The molecule has 0 saturated heterocycles. The summed E-state index contributed by atoms with van der Waals surface area (Å²) in [5.74, 6) is 0.499. The van der Waals surface area contributed by atoms with E-state index in [1.807, 2.05) is 0 Å². The van der Waals surface area contributed by atoms with Gasteiger partial charge in [0, 0.05) is 15.7 Å². The first-order valence-corrected chi connectivity index (χ1v) is 7.17. The van der Waals surface area contributed by atoms with Crippen LogP contribution in [0, 0.1) is 0 Å². The van der Waals surface area contributed by atoms with Crippen molar-refractivity contribution in [3.05, 3.63) is 51.0 Å². The van der Waals surface area contributed by atoms with Crippen LogP contribution in [0.3, 0.4) is 0 Å². The number of carbonyl (C=O) groups excluding carboxylic acids is 1. The van der Waals surface area contributed by atoms with E-state index < -0.39 is 0 Å². The molecule has 0 spiro atoms. The smallest absolute Gasteiger partial charge is 0.196 e. The Morgan fingerprint density at radius 1 is 1.19 bits per heavy atom. The van der Waals surface area contributed by atoms with E-state index in [2.05, 4.69) is 15.9 Å². The number of hydrogen-bond donors (Lipinski definition) is 1. The molecule has 2 rings (SSSR count). The van der Waals surface area contributed by atoms with Crippen molar-refractivity contribution in [1.82, 2.24) is 0 Å². The highest BCUT2D eigenvalue weighted by molar-refractivity contribution is 9.10. The van der Waals surface area contributed by atoms with E-state index >= 15 is 0 Å². The molecule has 0 unspecified atom stereocenters. The lowest BCUT2D eigenvalue weighted by Gasteiger charge is -2.12. The van der Waals surface area contributed by atoms with Crippen molar-refractivity contribution >= 4 is 39.0 Å². The third-order valence-electron chi connectivity index (χ3n) is 2.99. The Hall–Kier alpha value is -1.72. The monoisotopic (exact) mass is 369 g/mol. The Labute approximate surface area is 135 Å². The van der Waals surface area contributed by atoms with E-state index in [0.29, 0.717) is 22.6 Å². The van der Waals surface area contributed by atoms with Crippen LogP contribution in [0.25, 0.3) is 0 Å². The van der Waals surface area contributed by atoms with Gasteiger partial charge in [0.25, 0.3) is 0 Å². The van der Waals surface area contributed by atoms with Crippen LogP contribution in [0.2, 0.25) is 5.02 Å². The van der Waals surface area contributed by atoms with Gasteiger partial charge in [0.15, 0.2) is 11.5 Å². The van der Waals surface area contributed by atoms with Gasteiger partial charge in [-0.15, -0.1) is 0 Å². The maximum atomic E-state index is 12.6. The molecule has 0 heterocycles. The summed E-state index contributed by atoms with van der Waals surface area (Å²) < 4.78 is 11.1. The lowest BCUT2D eigenvalue weighted by molar-refractivity contribution is 0.103. The molecule has 0 bridgehead atoms. The maximum Gasteiger partial charge on any atom is 0.196 e. The van der Waals surface area contributed by atoms with Gasteiger partial charge in [0.1, 0.15) is 10.8 Å². The molecule has 110 valence electrons. The first-order valence-electron chi connectivity index (χ1n) is 5.99. The fourth-order valence-corrected chi connectivity index (χ4v) is 2.48. The quantitative estimate of drug-likeness (QED) is 0.654. The molecule has 2 N–H and O–H groups in total. The molecule has 2 aromatic rings. The van der Waals surface area contributed by atoms with E-state index in [-0.39, 0.29) is 16.6 Å². The van der Waals surface area contributed by atoms with Crippen molar-refractivity contribution < 1.29 is 14.3 Å². The van der Waals surface area contributed by atoms with Gasteiger partial charge in [-0.25, -0.2) is 0 Å². The number of anilines is 1. The number of halogens is 2. The van der Waals surface area contributed by atoms with Gasteiger partial charge < -0.3 is 15.2 Å². The van der Waals surface area contributed by atoms with Gasteiger partial charge in [-0.05, 0) is 46.3 Å². The summed E-state index contributed by atoms with van der Waals surface area (Å²) in [7, 11) is 2.95. The van der Waals surface area contributed by atoms with Gasteiger partial charge in [0.2, 0.25) is 0 Å². The molecule has 0 atom stereocenters. The van der Waals surface area contributed by atoms with Crippen molar-refractivity contribution in [2.45, 2.75) is 0 Å². The molecule has 0 radical (unpaired) electrons. The Morgan fingerprint density at radius 3 is 2.48 bits per heavy atom. The average molecular weight is 371 g/mol. The highest BCUT2D eigenvalue weighted by atomic mass is 79.9. The average Bonchev–Trinajstić information content (AvgIpc) is 2.49. The fraction of sp³-hybridized carbons (Fsp3) is 0.133. The highest BCUT2D eigenvalue weighted by Gasteiger charge is 2.20. The number of nitrogen functional groups attached to an aromatic ring is 1. The third-order valence-corrected chi connectivity index (χ3v) is 4.07.